The summed E-state index contributed by atoms with van der Waals surface area (Å²) in [6, 6.07) is 1.61. The minimum Gasteiger partial charge on any atom is -0.478 e. The van der Waals surface area contributed by atoms with Gasteiger partial charge in [-0.15, -0.1) is 0 Å². The highest BCUT2D eigenvalue weighted by Crippen LogP contribution is 2.19. The summed E-state index contributed by atoms with van der Waals surface area (Å²) in [5, 5.41) is 11.6. The van der Waals surface area contributed by atoms with Crippen molar-refractivity contribution in [2.24, 2.45) is 0 Å². The maximum absolute atomic E-state index is 13.5. The molecule has 0 bridgehead atoms. The van der Waals surface area contributed by atoms with E-state index in [-0.39, 0.29) is 5.69 Å². The number of benzene rings is 1. The summed E-state index contributed by atoms with van der Waals surface area (Å²) in [7, 11) is 0. The highest BCUT2D eigenvalue weighted by molar-refractivity contribution is 5.89. The van der Waals surface area contributed by atoms with Crippen LogP contribution in [0.4, 0.5) is 14.5 Å². The van der Waals surface area contributed by atoms with Crippen LogP contribution in [0.5, 0.6) is 0 Å². The molecule has 0 aromatic heterocycles. The molecule has 0 saturated carbocycles. The van der Waals surface area contributed by atoms with Gasteiger partial charge in [0.25, 0.3) is 0 Å². The van der Waals surface area contributed by atoms with Gasteiger partial charge in [-0.1, -0.05) is 39.0 Å². The summed E-state index contributed by atoms with van der Waals surface area (Å²) in [5.74, 6) is -3.22. The first-order valence-electron chi connectivity index (χ1n) is 7.02. The number of halogens is 2. The zero-order chi connectivity index (χ0) is 15.0. The van der Waals surface area contributed by atoms with Crippen LogP contribution in [0.15, 0.2) is 12.1 Å². The highest BCUT2D eigenvalue weighted by atomic mass is 19.1. The lowest BCUT2D eigenvalue weighted by Crippen LogP contribution is -2.07. The molecule has 0 aliphatic rings. The Morgan fingerprint density at radius 1 is 1.10 bits per heavy atom. The first-order chi connectivity index (χ1) is 9.56. The van der Waals surface area contributed by atoms with Crippen LogP contribution >= 0.6 is 0 Å². The molecular formula is C15H21F2NO2. The van der Waals surface area contributed by atoms with E-state index in [4.69, 9.17) is 5.11 Å². The van der Waals surface area contributed by atoms with Crippen molar-refractivity contribution >= 4 is 11.7 Å². The van der Waals surface area contributed by atoms with Crippen molar-refractivity contribution in [1.82, 2.24) is 0 Å². The number of unbranched alkanes of at least 4 members (excludes halogenated alkanes) is 5. The van der Waals surface area contributed by atoms with Gasteiger partial charge in [0, 0.05) is 12.6 Å². The number of carboxylic acids is 1. The molecule has 2 N–H and O–H groups in total. The second-order valence-corrected chi connectivity index (χ2v) is 4.81. The zero-order valence-electron chi connectivity index (χ0n) is 11.7. The average molecular weight is 285 g/mol. The molecule has 0 atom stereocenters. The molecule has 0 amide bonds. The highest BCUT2D eigenvalue weighted by Gasteiger charge is 2.14. The second-order valence-electron chi connectivity index (χ2n) is 4.81. The molecule has 0 fully saturated rings. The predicted molar refractivity (Wildman–Crippen MR) is 75.2 cm³/mol. The van der Waals surface area contributed by atoms with Crippen molar-refractivity contribution in [3.8, 4) is 0 Å². The van der Waals surface area contributed by atoms with E-state index in [1.165, 1.54) is 19.3 Å². The number of hydrogen-bond donors (Lipinski definition) is 2. The average Bonchev–Trinajstić information content (AvgIpc) is 2.39. The summed E-state index contributed by atoms with van der Waals surface area (Å²) < 4.78 is 26.7. The van der Waals surface area contributed by atoms with E-state index in [1.807, 2.05) is 0 Å². The van der Waals surface area contributed by atoms with E-state index in [9.17, 15) is 13.6 Å². The lowest BCUT2D eigenvalue weighted by molar-refractivity contribution is 0.0692. The molecule has 1 aromatic carbocycles. The van der Waals surface area contributed by atoms with Gasteiger partial charge in [0.2, 0.25) is 0 Å². The molecule has 0 saturated heterocycles. The number of carbonyl (C=O) groups is 1. The zero-order valence-corrected chi connectivity index (χ0v) is 11.7. The largest absolute Gasteiger partial charge is 0.478 e. The number of hydrogen-bond acceptors (Lipinski definition) is 2. The minimum absolute atomic E-state index is 0.0392. The maximum atomic E-state index is 13.5. The van der Waals surface area contributed by atoms with Gasteiger partial charge in [0.05, 0.1) is 11.3 Å². The van der Waals surface area contributed by atoms with Crippen LogP contribution in [0, 0.1) is 11.6 Å². The number of aromatic carboxylic acids is 1. The Morgan fingerprint density at radius 3 is 2.40 bits per heavy atom. The molecule has 0 radical (unpaired) electrons. The monoisotopic (exact) mass is 285 g/mol. The molecule has 20 heavy (non-hydrogen) atoms. The number of carboxylic acid groups (broad SMARTS) is 1. The summed E-state index contributed by atoms with van der Waals surface area (Å²) >= 11 is 0. The third-order valence-electron chi connectivity index (χ3n) is 3.13. The van der Waals surface area contributed by atoms with Gasteiger partial charge in [-0.25, -0.2) is 13.6 Å². The number of nitrogens with one attached hydrogen (secondary N) is 1. The fourth-order valence-corrected chi connectivity index (χ4v) is 1.98. The van der Waals surface area contributed by atoms with Crippen LogP contribution in [-0.2, 0) is 0 Å². The van der Waals surface area contributed by atoms with Crippen LogP contribution in [0.1, 0.15) is 55.8 Å². The summed E-state index contributed by atoms with van der Waals surface area (Å²) in [4.78, 5) is 10.8. The molecule has 112 valence electrons. The molecule has 0 unspecified atom stereocenters. The maximum Gasteiger partial charge on any atom is 0.338 e. The Morgan fingerprint density at radius 2 is 1.75 bits per heavy atom. The lowest BCUT2D eigenvalue weighted by atomic mass is 10.1. The molecule has 0 heterocycles. The lowest BCUT2D eigenvalue weighted by Gasteiger charge is -2.09. The summed E-state index contributed by atoms with van der Waals surface area (Å²) in [6.07, 6.45) is 6.68. The second kappa shape index (κ2) is 8.51. The van der Waals surface area contributed by atoms with E-state index < -0.39 is 23.2 Å². The fraction of sp³-hybridized carbons (Fsp3) is 0.533. The Balaban J connectivity index is 2.44. The molecule has 5 heteroatoms. The topological polar surface area (TPSA) is 49.3 Å². The van der Waals surface area contributed by atoms with Gasteiger partial charge in [0.15, 0.2) is 0 Å². The van der Waals surface area contributed by atoms with Gasteiger partial charge < -0.3 is 10.4 Å². The summed E-state index contributed by atoms with van der Waals surface area (Å²) in [5.41, 5.74) is -0.478. The van der Waals surface area contributed by atoms with E-state index in [2.05, 4.69) is 12.2 Å². The van der Waals surface area contributed by atoms with Crippen LogP contribution in [-0.4, -0.2) is 17.6 Å². The predicted octanol–water partition coefficient (Wildman–Crippen LogP) is 4.44. The molecule has 1 aromatic rings. The SMILES string of the molecule is CCCCCCCCNc1cc(C(=O)O)c(F)cc1F. The molecule has 0 aliphatic carbocycles. The first kappa shape index (κ1) is 16.4. The van der Waals surface area contributed by atoms with Crippen molar-refractivity contribution < 1.29 is 18.7 Å². The molecule has 0 aliphatic heterocycles. The normalized spacial score (nSPS) is 10.6. The van der Waals surface area contributed by atoms with Gasteiger partial charge in [-0.05, 0) is 12.5 Å². The van der Waals surface area contributed by atoms with Crippen LogP contribution in [0.3, 0.4) is 0 Å². The Labute approximate surface area is 118 Å². The van der Waals surface area contributed by atoms with E-state index in [0.29, 0.717) is 12.6 Å². The Bertz CT molecular complexity index is 450. The van der Waals surface area contributed by atoms with Crippen molar-refractivity contribution in [2.75, 3.05) is 11.9 Å². The van der Waals surface area contributed by atoms with Crippen molar-refractivity contribution in [1.29, 1.82) is 0 Å². The van der Waals surface area contributed by atoms with Crippen LogP contribution in [0.25, 0.3) is 0 Å². The molecule has 1 rings (SSSR count). The molecule has 0 spiro atoms. The first-order valence-corrected chi connectivity index (χ1v) is 7.02. The molecular weight excluding hydrogens is 264 g/mol. The van der Waals surface area contributed by atoms with E-state index in [0.717, 1.165) is 25.3 Å². The number of anilines is 1. The quantitative estimate of drug-likeness (QED) is 0.660. The standard InChI is InChI=1S/C15H21F2NO2/c1-2-3-4-5-6-7-8-18-14-9-11(15(19)20)12(16)10-13(14)17/h9-10,18H,2-8H2,1H3,(H,19,20). The smallest absolute Gasteiger partial charge is 0.338 e. The van der Waals surface area contributed by atoms with Gasteiger partial charge >= 0.3 is 5.97 Å². The third-order valence-corrected chi connectivity index (χ3v) is 3.13. The van der Waals surface area contributed by atoms with E-state index in [1.54, 1.807) is 0 Å². The Hall–Kier alpha value is -1.65. The molecule has 3 nitrogen and oxygen atoms in total. The minimum atomic E-state index is -1.40. The number of rotatable bonds is 9. The van der Waals surface area contributed by atoms with E-state index >= 15 is 0 Å². The van der Waals surface area contributed by atoms with Crippen LogP contribution in [0.2, 0.25) is 0 Å². The van der Waals surface area contributed by atoms with Crippen LogP contribution < -0.4 is 5.32 Å². The van der Waals surface area contributed by atoms with Crippen molar-refractivity contribution in [2.45, 2.75) is 45.4 Å². The summed E-state index contributed by atoms with van der Waals surface area (Å²) in [6.45, 7) is 2.70. The van der Waals surface area contributed by atoms with Gasteiger partial charge in [0.1, 0.15) is 11.6 Å². The van der Waals surface area contributed by atoms with Crippen molar-refractivity contribution in [3.05, 3.63) is 29.3 Å². The van der Waals surface area contributed by atoms with Crippen molar-refractivity contribution in [3.63, 3.8) is 0 Å². The Kier molecular flexibility index (Phi) is 6.98. The fourth-order valence-electron chi connectivity index (χ4n) is 1.98. The van der Waals surface area contributed by atoms with Gasteiger partial charge in [-0.3, -0.25) is 0 Å². The van der Waals surface area contributed by atoms with Gasteiger partial charge in [-0.2, -0.15) is 0 Å². The third kappa shape index (κ3) is 5.15.